The Morgan fingerprint density at radius 1 is 1.14 bits per heavy atom. The van der Waals surface area contributed by atoms with Gasteiger partial charge in [0.25, 0.3) is 0 Å². The second-order valence-electron chi connectivity index (χ2n) is 6.39. The number of hydrogen-bond donors (Lipinski definition) is 2. The highest BCUT2D eigenvalue weighted by Gasteiger charge is 2.32. The maximum absolute atomic E-state index is 12.2. The summed E-state index contributed by atoms with van der Waals surface area (Å²) in [4.78, 5) is 12.2. The fourth-order valence-corrected chi connectivity index (χ4v) is 3.25. The third kappa shape index (κ3) is 4.57. The minimum atomic E-state index is 0.0500. The van der Waals surface area contributed by atoms with Crippen molar-refractivity contribution in [3.63, 3.8) is 0 Å². The predicted octanol–water partition coefficient (Wildman–Crippen LogP) is 3.16. The summed E-state index contributed by atoms with van der Waals surface area (Å²) in [5.41, 5.74) is 8.48. The van der Waals surface area contributed by atoms with Gasteiger partial charge in [0.2, 0.25) is 5.91 Å². The van der Waals surface area contributed by atoms with Gasteiger partial charge in [0.1, 0.15) is 0 Å². The van der Waals surface area contributed by atoms with Crippen molar-refractivity contribution in [2.45, 2.75) is 58.4 Å². The monoisotopic (exact) mass is 288 g/mol. The van der Waals surface area contributed by atoms with E-state index < -0.39 is 0 Å². The van der Waals surface area contributed by atoms with E-state index in [-0.39, 0.29) is 11.3 Å². The predicted molar refractivity (Wildman–Crippen MR) is 86.9 cm³/mol. The van der Waals surface area contributed by atoms with Crippen LogP contribution in [0.2, 0.25) is 0 Å². The third-order valence-corrected chi connectivity index (χ3v) is 4.80. The van der Waals surface area contributed by atoms with Gasteiger partial charge in [0, 0.05) is 13.0 Å². The van der Waals surface area contributed by atoms with E-state index >= 15 is 0 Å². The number of amides is 1. The molecule has 1 fully saturated rings. The zero-order valence-electron chi connectivity index (χ0n) is 13.2. The van der Waals surface area contributed by atoms with Crippen LogP contribution in [0.15, 0.2) is 24.3 Å². The average molecular weight is 288 g/mol. The molecule has 0 unspecified atom stereocenters. The summed E-state index contributed by atoms with van der Waals surface area (Å²) in [7, 11) is 0. The molecular formula is C18H28N2O. The Morgan fingerprint density at radius 3 is 2.33 bits per heavy atom. The van der Waals surface area contributed by atoms with Crippen LogP contribution < -0.4 is 11.1 Å². The molecule has 2 rings (SSSR count). The SMILES string of the molecule is CCc1ccc(CNC(=O)CC2(CN)CCCCC2)cc1. The molecule has 0 bridgehead atoms. The van der Waals surface area contributed by atoms with Crippen LogP contribution in [0.4, 0.5) is 0 Å². The summed E-state index contributed by atoms with van der Waals surface area (Å²) in [6, 6.07) is 8.45. The Kier molecular flexibility index (Phi) is 5.80. The number of benzene rings is 1. The minimum absolute atomic E-state index is 0.0500. The van der Waals surface area contributed by atoms with Crippen molar-refractivity contribution in [3.05, 3.63) is 35.4 Å². The highest BCUT2D eigenvalue weighted by atomic mass is 16.1. The molecule has 1 aromatic rings. The lowest BCUT2D eigenvalue weighted by molar-refractivity contribution is -0.124. The first-order chi connectivity index (χ1) is 10.2. The van der Waals surface area contributed by atoms with Gasteiger partial charge in [-0.25, -0.2) is 0 Å². The molecule has 3 heteroatoms. The van der Waals surface area contributed by atoms with Crippen LogP contribution in [-0.4, -0.2) is 12.5 Å². The van der Waals surface area contributed by atoms with Gasteiger partial charge in [-0.2, -0.15) is 0 Å². The zero-order valence-corrected chi connectivity index (χ0v) is 13.2. The molecule has 1 saturated carbocycles. The number of aryl methyl sites for hydroxylation is 1. The van der Waals surface area contributed by atoms with E-state index in [1.165, 1.54) is 24.8 Å². The van der Waals surface area contributed by atoms with Crippen molar-refractivity contribution in [2.24, 2.45) is 11.1 Å². The summed E-state index contributed by atoms with van der Waals surface area (Å²) in [5, 5.41) is 3.05. The molecule has 0 heterocycles. The first-order valence-corrected chi connectivity index (χ1v) is 8.22. The molecule has 1 aliphatic carbocycles. The van der Waals surface area contributed by atoms with E-state index in [9.17, 15) is 4.79 Å². The van der Waals surface area contributed by atoms with Gasteiger partial charge >= 0.3 is 0 Å². The normalized spacial score (nSPS) is 17.4. The fraction of sp³-hybridized carbons (Fsp3) is 0.611. The first-order valence-electron chi connectivity index (χ1n) is 8.22. The van der Waals surface area contributed by atoms with Crippen molar-refractivity contribution in [3.8, 4) is 0 Å². The molecule has 0 radical (unpaired) electrons. The molecule has 1 aromatic carbocycles. The van der Waals surface area contributed by atoms with Crippen molar-refractivity contribution in [1.29, 1.82) is 0 Å². The van der Waals surface area contributed by atoms with E-state index in [2.05, 4.69) is 36.5 Å². The van der Waals surface area contributed by atoms with Crippen molar-refractivity contribution in [2.75, 3.05) is 6.54 Å². The van der Waals surface area contributed by atoms with Crippen LogP contribution in [0.3, 0.4) is 0 Å². The molecule has 3 N–H and O–H groups in total. The zero-order chi connectivity index (χ0) is 15.1. The van der Waals surface area contributed by atoms with Crippen LogP contribution >= 0.6 is 0 Å². The topological polar surface area (TPSA) is 55.1 Å². The van der Waals surface area contributed by atoms with Gasteiger partial charge in [-0.1, -0.05) is 50.5 Å². The second-order valence-corrected chi connectivity index (χ2v) is 6.39. The van der Waals surface area contributed by atoms with Crippen molar-refractivity contribution < 1.29 is 4.79 Å². The lowest BCUT2D eigenvalue weighted by atomic mass is 9.71. The first kappa shape index (κ1) is 16.0. The maximum atomic E-state index is 12.2. The van der Waals surface area contributed by atoms with E-state index in [1.807, 2.05) is 0 Å². The molecule has 1 aliphatic rings. The van der Waals surface area contributed by atoms with Gasteiger partial charge < -0.3 is 11.1 Å². The van der Waals surface area contributed by atoms with Gasteiger partial charge in [-0.3, -0.25) is 4.79 Å². The van der Waals surface area contributed by atoms with Crippen molar-refractivity contribution >= 4 is 5.91 Å². The highest BCUT2D eigenvalue weighted by molar-refractivity contribution is 5.76. The molecular weight excluding hydrogens is 260 g/mol. The molecule has 0 aromatic heterocycles. The number of carbonyl (C=O) groups excluding carboxylic acids is 1. The Morgan fingerprint density at radius 2 is 1.76 bits per heavy atom. The van der Waals surface area contributed by atoms with Crippen LogP contribution in [-0.2, 0) is 17.8 Å². The second kappa shape index (κ2) is 7.60. The number of nitrogens with two attached hydrogens (primary N) is 1. The summed E-state index contributed by atoms with van der Waals surface area (Å²) < 4.78 is 0. The molecule has 1 amide bonds. The number of hydrogen-bond acceptors (Lipinski definition) is 2. The van der Waals surface area contributed by atoms with Gasteiger partial charge in [-0.05, 0) is 42.3 Å². The lowest BCUT2D eigenvalue weighted by Crippen LogP contribution is -2.38. The Balaban J connectivity index is 1.83. The summed E-state index contributed by atoms with van der Waals surface area (Å²) >= 11 is 0. The quantitative estimate of drug-likeness (QED) is 0.845. The standard InChI is InChI=1S/C18H28N2O/c1-2-15-6-8-16(9-7-15)13-20-17(21)12-18(14-19)10-4-3-5-11-18/h6-9H,2-5,10-14,19H2,1H3,(H,20,21). The van der Waals surface area contributed by atoms with Crippen LogP contribution in [0.25, 0.3) is 0 Å². The summed E-state index contributed by atoms with van der Waals surface area (Å²) in [6.07, 6.45) is 7.53. The molecule has 0 atom stereocenters. The molecule has 0 spiro atoms. The van der Waals surface area contributed by atoms with E-state index in [4.69, 9.17) is 5.73 Å². The van der Waals surface area contributed by atoms with Crippen LogP contribution in [0, 0.1) is 5.41 Å². The lowest BCUT2D eigenvalue weighted by Gasteiger charge is -2.35. The van der Waals surface area contributed by atoms with Gasteiger partial charge in [-0.15, -0.1) is 0 Å². The summed E-state index contributed by atoms with van der Waals surface area (Å²) in [5.74, 6) is 0.141. The molecule has 21 heavy (non-hydrogen) atoms. The van der Waals surface area contributed by atoms with E-state index in [0.29, 0.717) is 19.5 Å². The average Bonchev–Trinajstić information content (AvgIpc) is 2.54. The fourth-order valence-electron chi connectivity index (χ4n) is 3.25. The van der Waals surface area contributed by atoms with Gasteiger partial charge in [0.15, 0.2) is 0 Å². The molecule has 0 aliphatic heterocycles. The highest BCUT2D eigenvalue weighted by Crippen LogP contribution is 2.38. The van der Waals surface area contributed by atoms with Crippen LogP contribution in [0.1, 0.15) is 56.6 Å². The van der Waals surface area contributed by atoms with E-state index in [1.54, 1.807) is 0 Å². The van der Waals surface area contributed by atoms with Gasteiger partial charge in [0.05, 0.1) is 0 Å². The minimum Gasteiger partial charge on any atom is -0.352 e. The number of nitrogens with one attached hydrogen (secondary N) is 1. The smallest absolute Gasteiger partial charge is 0.220 e. The molecule has 0 saturated heterocycles. The van der Waals surface area contributed by atoms with Crippen molar-refractivity contribution in [1.82, 2.24) is 5.32 Å². The number of carbonyl (C=O) groups is 1. The van der Waals surface area contributed by atoms with E-state index in [0.717, 1.165) is 24.8 Å². The third-order valence-electron chi connectivity index (χ3n) is 4.80. The number of rotatable bonds is 6. The summed E-state index contributed by atoms with van der Waals surface area (Å²) in [6.45, 7) is 3.39. The Hall–Kier alpha value is -1.35. The Bertz CT molecular complexity index is 447. The largest absolute Gasteiger partial charge is 0.352 e. The molecule has 3 nitrogen and oxygen atoms in total. The maximum Gasteiger partial charge on any atom is 0.220 e. The molecule has 116 valence electrons. The Labute approximate surface area is 128 Å². The van der Waals surface area contributed by atoms with Crippen LogP contribution in [0.5, 0.6) is 0 Å².